The maximum Gasteiger partial charge on any atom is 0.315 e. The molecule has 1 aliphatic carbocycles. The number of morpholine rings is 2. The number of imidazole rings is 1. The number of aromatic nitrogens is 5. The Morgan fingerprint density at radius 1 is 0.884 bits per heavy atom. The summed E-state index contributed by atoms with van der Waals surface area (Å²) < 4.78 is 40.4. The lowest BCUT2D eigenvalue weighted by atomic mass is 9.91. The van der Waals surface area contributed by atoms with E-state index in [-0.39, 0.29) is 24.1 Å². The van der Waals surface area contributed by atoms with E-state index in [0.717, 1.165) is 58.5 Å². The van der Waals surface area contributed by atoms with Gasteiger partial charge in [0.1, 0.15) is 0 Å². The average Bonchev–Trinajstić information content (AvgIpc) is 3.43. The number of fused-ring (bicyclic) bond motifs is 1. The second-order valence-corrected chi connectivity index (χ2v) is 11.0. The zero-order valence-electron chi connectivity index (χ0n) is 24.1. The molecule has 2 amide bonds. The summed E-state index contributed by atoms with van der Waals surface area (Å²) in [7, 11) is 0. The molecule has 0 bridgehead atoms. The quantitative estimate of drug-likeness (QED) is 0.336. The fourth-order valence-electron chi connectivity index (χ4n) is 5.78. The maximum absolute atomic E-state index is 14.1. The van der Waals surface area contributed by atoms with E-state index in [1.807, 2.05) is 4.90 Å². The van der Waals surface area contributed by atoms with Crippen LogP contribution in [0.4, 0.5) is 25.5 Å². The Morgan fingerprint density at radius 2 is 1.56 bits per heavy atom. The molecule has 3 fully saturated rings. The van der Waals surface area contributed by atoms with Gasteiger partial charge >= 0.3 is 6.03 Å². The third kappa shape index (κ3) is 7.28. The Morgan fingerprint density at radius 3 is 2.30 bits per heavy atom. The number of hydrogen-bond donors (Lipinski definition) is 3. The fourth-order valence-corrected chi connectivity index (χ4v) is 5.78. The third-order valence-electron chi connectivity index (χ3n) is 8.10. The molecule has 232 valence electrons. The summed E-state index contributed by atoms with van der Waals surface area (Å²) in [5.74, 6) is 0.396. The van der Waals surface area contributed by atoms with Crippen molar-refractivity contribution in [2.75, 3.05) is 75.9 Å². The molecule has 6 rings (SSSR count). The molecule has 4 heterocycles. The molecule has 43 heavy (non-hydrogen) atoms. The van der Waals surface area contributed by atoms with Crippen LogP contribution in [0.5, 0.6) is 0 Å². The van der Waals surface area contributed by atoms with Gasteiger partial charge < -0.3 is 30.3 Å². The fraction of sp³-hybridized carbons (Fsp3) is 0.607. The Bertz CT molecular complexity index is 1370. The Balaban J connectivity index is 1.12. The van der Waals surface area contributed by atoms with Crippen molar-refractivity contribution in [1.29, 1.82) is 0 Å². The molecule has 0 spiro atoms. The topological polar surface area (TPSA) is 135 Å². The van der Waals surface area contributed by atoms with Crippen LogP contribution < -0.4 is 20.9 Å². The first-order valence-corrected chi connectivity index (χ1v) is 15.0. The lowest BCUT2D eigenvalue weighted by Gasteiger charge is -2.31. The summed E-state index contributed by atoms with van der Waals surface area (Å²) in [5, 5.41) is 9.47. The van der Waals surface area contributed by atoms with Crippen molar-refractivity contribution in [2.45, 2.75) is 44.2 Å². The summed E-state index contributed by atoms with van der Waals surface area (Å²) in [5.41, 5.74) is 0.939. The minimum Gasteiger partial charge on any atom is -0.379 e. The molecule has 2 aliphatic heterocycles. The number of nitrogens with zero attached hydrogens (tertiary/aromatic N) is 7. The van der Waals surface area contributed by atoms with Crippen molar-refractivity contribution in [1.82, 2.24) is 40.0 Å². The molecule has 0 atom stereocenters. The van der Waals surface area contributed by atoms with Crippen molar-refractivity contribution in [3.05, 3.63) is 30.1 Å². The van der Waals surface area contributed by atoms with Crippen LogP contribution in [-0.4, -0.2) is 113 Å². The van der Waals surface area contributed by atoms with Crippen LogP contribution in [0.2, 0.25) is 0 Å². The smallest absolute Gasteiger partial charge is 0.315 e. The first-order chi connectivity index (χ1) is 21.0. The van der Waals surface area contributed by atoms with Gasteiger partial charge in [-0.2, -0.15) is 15.0 Å². The van der Waals surface area contributed by atoms with E-state index < -0.39 is 12.2 Å². The summed E-state index contributed by atoms with van der Waals surface area (Å²) in [4.78, 5) is 34.8. The van der Waals surface area contributed by atoms with Gasteiger partial charge in [-0.1, -0.05) is 12.1 Å². The maximum atomic E-state index is 14.1. The van der Waals surface area contributed by atoms with Crippen molar-refractivity contribution < 1.29 is 23.0 Å². The minimum atomic E-state index is -2.81. The number of anilines is 2. The highest BCUT2D eigenvalue weighted by Crippen LogP contribution is 2.28. The van der Waals surface area contributed by atoms with Crippen LogP contribution in [0, 0.1) is 0 Å². The lowest BCUT2D eigenvalue weighted by Crippen LogP contribution is -2.47. The van der Waals surface area contributed by atoms with E-state index in [1.54, 1.807) is 24.3 Å². The second-order valence-electron chi connectivity index (χ2n) is 11.0. The summed E-state index contributed by atoms with van der Waals surface area (Å²) in [6.45, 7) is 6.88. The van der Waals surface area contributed by atoms with Crippen molar-refractivity contribution in [3.63, 3.8) is 0 Å². The molecule has 1 saturated carbocycles. The number of halogens is 2. The van der Waals surface area contributed by atoms with Gasteiger partial charge in [0.2, 0.25) is 17.8 Å². The van der Waals surface area contributed by atoms with E-state index in [2.05, 4.69) is 40.8 Å². The Kier molecular flexibility index (Phi) is 9.39. The van der Waals surface area contributed by atoms with Crippen LogP contribution >= 0.6 is 0 Å². The molecule has 3 aromatic rings. The van der Waals surface area contributed by atoms with Gasteiger partial charge in [0.25, 0.3) is 6.43 Å². The van der Waals surface area contributed by atoms with Crippen molar-refractivity contribution >= 4 is 29.0 Å². The molecule has 1 aromatic carbocycles. The van der Waals surface area contributed by atoms with E-state index in [4.69, 9.17) is 9.47 Å². The normalized spacial score (nSPS) is 21.7. The molecule has 15 heteroatoms. The van der Waals surface area contributed by atoms with Gasteiger partial charge in [-0.25, -0.2) is 18.6 Å². The number of urea groups is 1. The van der Waals surface area contributed by atoms with Crippen LogP contribution in [0.25, 0.3) is 17.0 Å². The third-order valence-corrected chi connectivity index (χ3v) is 8.10. The summed E-state index contributed by atoms with van der Waals surface area (Å²) >= 11 is 0. The van der Waals surface area contributed by atoms with E-state index in [0.29, 0.717) is 55.8 Å². The number of nitrogens with one attached hydrogen (secondary N) is 3. The molecule has 0 unspecified atom stereocenters. The van der Waals surface area contributed by atoms with Gasteiger partial charge in [-0.05, 0) is 37.8 Å². The predicted octanol–water partition coefficient (Wildman–Crippen LogP) is 2.34. The van der Waals surface area contributed by atoms with Crippen LogP contribution in [0.15, 0.2) is 24.3 Å². The first kappa shape index (κ1) is 29.4. The van der Waals surface area contributed by atoms with Gasteiger partial charge in [-0.3, -0.25) is 9.47 Å². The minimum absolute atomic E-state index is 0.0596. The van der Waals surface area contributed by atoms with Crippen LogP contribution in [0.1, 0.15) is 37.9 Å². The highest BCUT2D eigenvalue weighted by Gasteiger charge is 2.27. The van der Waals surface area contributed by atoms with Gasteiger partial charge in [0, 0.05) is 51.4 Å². The Labute approximate surface area is 248 Å². The van der Waals surface area contributed by atoms with Crippen LogP contribution in [-0.2, 0) is 9.47 Å². The molecule has 2 saturated heterocycles. The molecule has 0 radical (unpaired) electrons. The zero-order chi connectivity index (χ0) is 29.6. The Hall–Kier alpha value is -3.69. The number of rotatable bonds is 9. The summed E-state index contributed by atoms with van der Waals surface area (Å²) in [6, 6.07) is 6.94. The number of alkyl halides is 2. The largest absolute Gasteiger partial charge is 0.379 e. The van der Waals surface area contributed by atoms with Gasteiger partial charge in [-0.15, -0.1) is 0 Å². The monoisotopic (exact) mass is 600 g/mol. The molecule has 13 nitrogen and oxygen atoms in total. The average molecular weight is 601 g/mol. The predicted molar refractivity (Wildman–Crippen MR) is 156 cm³/mol. The molecular formula is C28H38F2N10O3. The number of carbonyl (C=O) groups is 1. The number of ether oxygens (including phenoxy) is 2. The van der Waals surface area contributed by atoms with E-state index >= 15 is 0 Å². The van der Waals surface area contributed by atoms with E-state index in [9.17, 15) is 13.6 Å². The SMILES string of the molecule is O=C(NCCN1CCOCC1)NC1CCC(Nc2nc(N3CCOCC3)nc(-n3c(C(F)F)nc4ccccc43)n2)CC1. The highest BCUT2D eigenvalue weighted by atomic mass is 19.3. The molecule has 3 aliphatic rings. The van der Waals surface area contributed by atoms with Crippen molar-refractivity contribution in [2.24, 2.45) is 0 Å². The molecule has 3 N–H and O–H groups in total. The van der Waals surface area contributed by atoms with Crippen LogP contribution in [0.3, 0.4) is 0 Å². The summed E-state index contributed by atoms with van der Waals surface area (Å²) in [6.07, 6.45) is 0.368. The standard InChI is InChI=1S/C28H38F2N10O3/c29-23(30)24-34-21-3-1-2-4-22(21)40(24)27-36-25(35-26(37-27)39-13-17-43-18-14-39)32-19-5-7-20(8-6-19)33-28(41)31-9-10-38-11-15-42-16-12-38/h1-4,19-20,23H,5-18H2,(H2,31,33,41)(H,32,35,36,37). The second kappa shape index (κ2) is 13.7. The number of hydrogen-bond acceptors (Lipinski definition) is 10. The highest BCUT2D eigenvalue weighted by molar-refractivity contribution is 5.77. The van der Waals surface area contributed by atoms with Gasteiger partial charge in [0.15, 0.2) is 5.82 Å². The number of benzene rings is 1. The lowest BCUT2D eigenvalue weighted by molar-refractivity contribution is 0.0387. The molecular weight excluding hydrogens is 562 g/mol. The molecule has 2 aromatic heterocycles. The van der Waals surface area contributed by atoms with Crippen molar-refractivity contribution in [3.8, 4) is 5.95 Å². The number of carbonyl (C=O) groups excluding carboxylic acids is 1. The zero-order valence-corrected chi connectivity index (χ0v) is 24.1. The van der Waals surface area contributed by atoms with Gasteiger partial charge in [0.05, 0.1) is 37.5 Å². The first-order valence-electron chi connectivity index (χ1n) is 15.0. The number of amides is 2. The number of para-hydroxylation sites is 2. The van der Waals surface area contributed by atoms with E-state index in [1.165, 1.54) is 4.57 Å².